The zero-order valence-electron chi connectivity index (χ0n) is 10.3. The maximum Gasteiger partial charge on any atom is 0.337 e. The van der Waals surface area contributed by atoms with Crippen molar-refractivity contribution in [2.45, 2.75) is 12.2 Å². The highest BCUT2D eigenvalue weighted by atomic mass is 16.5. The molecule has 0 saturated carbocycles. The smallest absolute Gasteiger partial charge is 0.337 e. The van der Waals surface area contributed by atoms with Gasteiger partial charge in [0.25, 0.3) is 0 Å². The monoisotopic (exact) mass is 284 g/mol. The lowest BCUT2D eigenvalue weighted by Crippen LogP contribution is -2.30. The first kappa shape index (κ1) is 15.6. The Balaban J connectivity index is 3.27. The minimum Gasteiger partial charge on any atom is -0.478 e. The fraction of sp³-hybridized carbons (Fsp3) is 0.250. The fourth-order valence-corrected chi connectivity index (χ4v) is 1.55. The van der Waals surface area contributed by atoms with Crippen molar-refractivity contribution in [2.24, 2.45) is 0 Å². The minimum absolute atomic E-state index is 0.291. The predicted octanol–water partition coefficient (Wildman–Crippen LogP) is -0.350. The highest BCUT2D eigenvalue weighted by Crippen LogP contribution is 2.23. The second kappa shape index (κ2) is 6.13. The van der Waals surface area contributed by atoms with Crippen LogP contribution in [0, 0.1) is 0 Å². The zero-order valence-corrected chi connectivity index (χ0v) is 10.3. The summed E-state index contributed by atoms with van der Waals surface area (Å²) in [5.74, 6) is -3.99. The third-order valence-corrected chi connectivity index (χ3v) is 2.59. The molecular weight excluding hydrogens is 272 g/mol. The number of carbonyl (C=O) groups excluding carboxylic acids is 1. The van der Waals surface area contributed by atoms with Crippen molar-refractivity contribution < 1.29 is 39.5 Å². The number of aliphatic hydroxyl groups is 2. The van der Waals surface area contributed by atoms with Crippen LogP contribution in [0.5, 0.6) is 0 Å². The number of ether oxygens (including phenoxy) is 1. The molecule has 0 radical (unpaired) electrons. The third kappa shape index (κ3) is 3.11. The summed E-state index contributed by atoms with van der Waals surface area (Å²) in [4.78, 5) is 32.9. The van der Waals surface area contributed by atoms with Crippen LogP contribution in [0.4, 0.5) is 0 Å². The van der Waals surface area contributed by atoms with Gasteiger partial charge in [0.1, 0.15) is 6.10 Å². The van der Waals surface area contributed by atoms with Crippen LogP contribution in [0.1, 0.15) is 32.4 Å². The number of esters is 1. The van der Waals surface area contributed by atoms with E-state index < -0.39 is 35.7 Å². The lowest BCUT2D eigenvalue weighted by molar-refractivity contribution is -0.156. The molecule has 0 aromatic heterocycles. The molecule has 0 bridgehead atoms. The van der Waals surface area contributed by atoms with E-state index in [0.717, 1.165) is 25.3 Å². The summed E-state index contributed by atoms with van der Waals surface area (Å²) in [6.45, 7) is 0. The van der Waals surface area contributed by atoms with Crippen LogP contribution in [0.2, 0.25) is 0 Å². The van der Waals surface area contributed by atoms with Gasteiger partial charge in [0.2, 0.25) is 0 Å². The summed E-state index contributed by atoms with van der Waals surface area (Å²) in [7, 11) is 0.990. The van der Waals surface area contributed by atoms with Crippen molar-refractivity contribution in [3.8, 4) is 0 Å². The third-order valence-electron chi connectivity index (χ3n) is 2.59. The summed E-state index contributed by atoms with van der Waals surface area (Å²) in [5.41, 5.74) is -1.12. The first-order valence-corrected chi connectivity index (χ1v) is 5.34. The number of carboxylic acid groups (broad SMARTS) is 2. The van der Waals surface area contributed by atoms with Gasteiger partial charge in [0.05, 0.1) is 18.2 Å². The van der Waals surface area contributed by atoms with E-state index in [9.17, 15) is 24.6 Å². The predicted molar refractivity (Wildman–Crippen MR) is 63.3 cm³/mol. The summed E-state index contributed by atoms with van der Waals surface area (Å²) < 4.78 is 4.23. The normalized spacial score (nSPS) is 13.3. The average molecular weight is 284 g/mol. The van der Waals surface area contributed by atoms with Crippen molar-refractivity contribution >= 4 is 17.9 Å². The van der Waals surface area contributed by atoms with E-state index in [1.54, 1.807) is 0 Å². The highest BCUT2D eigenvalue weighted by molar-refractivity contribution is 5.95. The molecular formula is C12H12O8. The molecule has 0 aliphatic carbocycles. The number of hydrogen-bond acceptors (Lipinski definition) is 6. The average Bonchev–Trinajstić information content (AvgIpc) is 2.43. The molecule has 8 heteroatoms. The molecule has 20 heavy (non-hydrogen) atoms. The summed E-state index contributed by atoms with van der Waals surface area (Å²) in [6.07, 6.45) is -3.83. The number of aromatic carboxylic acids is 2. The Morgan fingerprint density at radius 2 is 1.70 bits per heavy atom. The van der Waals surface area contributed by atoms with Crippen LogP contribution in [0.25, 0.3) is 0 Å². The number of benzene rings is 1. The largest absolute Gasteiger partial charge is 0.478 e. The Hall–Kier alpha value is -2.45. The lowest BCUT2D eigenvalue weighted by Gasteiger charge is -2.18. The van der Waals surface area contributed by atoms with Gasteiger partial charge in [-0.15, -0.1) is 0 Å². The molecule has 4 N–H and O–H groups in total. The van der Waals surface area contributed by atoms with Gasteiger partial charge in [0.15, 0.2) is 6.10 Å². The number of rotatable bonds is 5. The number of carboxylic acids is 2. The maximum atomic E-state index is 11.1. The van der Waals surface area contributed by atoms with Gasteiger partial charge >= 0.3 is 17.9 Å². The highest BCUT2D eigenvalue weighted by Gasteiger charge is 2.30. The van der Waals surface area contributed by atoms with E-state index in [0.29, 0.717) is 0 Å². The molecule has 0 aliphatic heterocycles. The Bertz CT molecular complexity index is 550. The molecule has 1 aromatic rings. The van der Waals surface area contributed by atoms with Crippen LogP contribution in [0.3, 0.4) is 0 Å². The first-order chi connectivity index (χ1) is 9.29. The Kier molecular flexibility index (Phi) is 4.78. The van der Waals surface area contributed by atoms with E-state index in [1.165, 1.54) is 0 Å². The van der Waals surface area contributed by atoms with Gasteiger partial charge in [-0.05, 0) is 17.7 Å². The molecule has 0 aliphatic rings. The quantitative estimate of drug-likeness (QED) is 0.537. The Labute approximate surface area is 112 Å². The van der Waals surface area contributed by atoms with E-state index >= 15 is 0 Å². The van der Waals surface area contributed by atoms with Crippen molar-refractivity contribution in [1.82, 2.24) is 0 Å². The zero-order chi connectivity index (χ0) is 15.4. The topological polar surface area (TPSA) is 141 Å². The van der Waals surface area contributed by atoms with Gasteiger partial charge in [-0.2, -0.15) is 0 Å². The Morgan fingerprint density at radius 3 is 2.15 bits per heavy atom. The van der Waals surface area contributed by atoms with Crippen LogP contribution in [-0.2, 0) is 9.53 Å². The van der Waals surface area contributed by atoms with E-state index in [4.69, 9.17) is 10.2 Å². The number of carbonyl (C=O) groups is 3. The molecule has 0 spiro atoms. The summed E-state index contributed by atoms with van der Waals surface area (Å²) in [6, 6.07) is 2.90. The van der Waals surface area contributed by atoms with E-state index in [2.05, 4.69) is 4.74 Å². The number of aliphatic hydroxyl groups excluding tert-OH is 2. The van der Waals surface area contributed by atoms with E-state index in [-0.39, 0.29) is 11.1 Å². The minimum atomic E-state index is -1.98. The van der Waals surface area contributed by atoms with Gasteiger partial charge in [-0.3, -0.25) is 0 Å². The molecule has 108 valence electrons. The molecule has 0 heterocycles. The lowest BCUT2D eigenvalue weighted by atomic mass is 9.96. The molecule has 0 fully saturated rings. The van der Waals surface area contributed by atoms with Crippen molar-refractivity contribution in [2.75, 3.05) is 7.11 Å². The molecule has 1 rings (SSSR count). The van der Waals surface area contributed by atoms with Gasteiger partial charge in [0, 0.05) is 0 Å². The molecule has 0 saturated heterocycles. The summed E-state index contributed by atoms with van der Waals surface area (Å²) >= 11 is 0. The second-order valence-electron chi connectivity index (χ2n) is 3.83. The molecule has 2 unspecified atom stereocenters. The maximum absolute atomic E-state index is 11.1. The van der Waals surface area contributed by atoms with Gasteiger partial charge in [-0.25, -0.2) is 14.4 Å². The van der Waals surface area contributed by atoms with Gasteiger partial charge < -0.3 is 25.2 Å². The van der Waals surface area contributed by atoms with Crippen molar-refractivity contribution in [3.05, 3.63) is 34.9 Å². The number of hydrogen-bond donors (Lipinski definition) is 4. The molecule has 8 nitrogen and oxygen atoms in total. The second-order valence-corrected chi connectivity index (χ2v) is 3.83. The summed E-state index contributed by atoms with van der Waals surface area (Å²) in [5, 5.41) is 37.1. The van der Waals surface area contributed by atoms with Crippen LogP contribution in [0.15, 0.2) is 18.2 Å². The van der Waals surface area contributed by atoms with Crippen molar-refractivity contribution in [1.29, 1.82) is 0 Å². The SMILES string of the molecule is COC(=O)C(O)C(O)c1ccc(C(=O)O)cc1C(=O)O. The van der Waals surface area contributed by atoms with Gasteiger partial charge in [-0.1, -0.05) is 6.07 Å². The van der Waals surface area contributed by atoms with Crippen LogP contribution < -0.4 is 0 Å². The fourth-order valence-electron chi connectivity index (χ4n) is 1.55. The standard InChI is InChI=1S/C12H12O8/c1-20-12(19)9(14)8(13)6-3-2-5(10(15)16)4-7(6)11(17)18/h2-4,8-9,13-14H,1H3,(H,15,16)(H,17,18). The number of methoxy groups -OCH3 is 1. The molecule has 2 atom stereocenters. The first-order valence-electron chi connectivity index (χ1n) is 5.34. The van der Waals surface area contributed by atoms with Crippen molar-refractivity contribution in [3.63, 3.8) is 0 Å². The van der Waals surface area contributed by atoms with Crippen LogP contribution in [-0.4, -0.2) is 51.5 Å². The Morgan fingerprint density at radius 1 is 1.10 bits per heavy atom. The molecule has 0 amide bonds. The molecule has 1 aromatic carbocycles. The van der Waals surface area contributed by atoms with Crippen LogP contribution >= 0.6 is 0 Å². The van der Waals surface area contributed by atoms with E-state index in [1.807, 2.05) is 0 Å².